The zero-order valence-electron chi connectivity index (χ0n) is 9.61. The quantitative estimate of drug-likeness (QED) is 0.680. The molecule has 0 atom stereocenters. The van der Waals surface area contributed by atoms with Crippen LogP contribution in [-0.4, -0.2) is 18.1 Å². The van der Waals surface area contributed by atoms with Crippen molar-refractivity contribution in [2.75, 3.05) is 18.1 Å². The minimum Gasteiger partial charge on any atom is -0.493 e. The Bertz CT molecular complexity index is 329. The van der Waals surface area contributed by atoms with E-state index in [2.05, 4.69) is 13.0 Å². The van der Waals surface area contributed by atoms with Crippen LogP contribution < -0.4 is 4.74 Å². The number of hydrogen-bond acceptors (Lipinski definition) is 3. The van der Waals surface area contributed by atoms with Gasteiger partial charge in [0.2, 0.25) is 0 Å². The summed E-state index contributed by atoms with van der Waals surface area (Å²) in [4.78, 5) is 0. The zero-order valence-corrected chi connectivity index (χ0v) is 10.4. The summed E-state index contributed by atoms with van der Waals surface area (Å²) < 4.78 is 5.58. The summed E-state index contributed by atoms with van der Waals surface area (Å²) in [6.45, 7) is 2.93. The Balaban J connectivity index is 2.24. The molecule has 0 aliphatic carbocycles. The number of benzene rings is 1. The molecule has 0 radical (unpaired) electrons. The van der Waals surface area contributed by atoms with Crippen molar-refractivity contribution in [3.8, 4) is 11.8 Å². The third kappa shape index (κ3) is 5.09. The van der Waals surface area contributed by atoms with Crippen molar-refractivity contribution >= 4 is 11.8 Å². The van der Waals surface area contributed by atoms with Gasteiger partial charge in [0.05, 0.1) is 19.1 Å². The van der Waals surface area contributed by atoms with E-state index in [1.807, 2.05) is 36.0 Å². The Labute approximate surface area is 102 Å². The van der Waals surface area contributed by atoms with Gasteiger partial charge in [0.25, 0.3) is 0 Å². The molecule has 86 valence electrons. The molecule has 0 amide bonds. The Morgan fingerprint density at radius 3 is 2.62 bits per heavy atom. The number of hydrogen-bond donors (Lipinski definition) is 0. The Hall–Kier alpha value is -1.14. The molecule has 0 unspecified atom stereocenters. The van der Waals surface area contributed by atoms with Gasteiger partial charge < -0.3 is 4.74 Å². The zero-order chi connectivity index (χ0) is 11.6. The maximum atomic E-state index is 8.53. The van der Waals surface area contributed by atoms with Crippen molar-refractivity contribution in [2.45, 2.75) is 19.8 Å². The van der Waals surface area contributed by atoms with Crippen LogP contribution in [0.25, 0.3) is 0 Å². The van der Waals surface area contributed by atoms with Crippen LogP contribution in [0.4, 0.5) is 0 Å². The predicted octanol–water partition coefficient (Wildman–Crippen LogP) is 3.27. The molecule has 3 heteroatoms. The van der Waals surface area contributed by atoms with Gasteiger partial charge in [-0.15, -0.1) is 0 Å². The fraction of sp³-hybridized carbons (Fsp3) is 0.462. The van der Waals surface area contributed by atoms with E-state index < -0.39 is 0 Å². The number of nitrogens with zero attached hydrogens (tertiary/aromatic N) is 1. The van der Waals surface area contributed by atoms with Crippen molar-refractivity contribution < 1.29 is 4.74 Å². The van der Waals surface area contributed by atoms with E-state index in [4.69, 9.17) is 10.00 Å². The van der Waals surface area contributed by atoms with Gasteiger partial charge in [0.1, 0.15) is 5.75 Å². The van der Waals surface area contributed by atoms with Crippen molar-refractivity contribution in [1.82, 2.24) is 0 Å². The van der Waals surface area contributed by atoms with Crippen LogP contribution in [0.1, 0.15) is 18.9 Å². The van der Waals surface area contributed by atoms with E-state index in [-0.39, 0.29) is 0 Å². The van der Waals surface area contributed by atoms with E-state index in [1.54, 1.807) is 0 Å². The molecule has 0 aliphatic rings. The third-order valence-corrected chi connectivity index (χ3v) is 3.20. The second-order valence-corrected chi connectivity index (χ2v) is 4.66. The fourth-order valence-corrected chi connectivity index (χ4v) is 1.95. The van der Waals surface area contributed by atoms with Gasteiger partial charge in [-0.25, -0.2) is 0 Å². The van der Waals surface area contributed by atoms with Gasteiger partial charge in [-0.1, -0.05) is 19.1 Å². The van der Waals surface area contributed by atoms with Gasteiger partial charge >= 0.3 is 0 Å². The summed E-state index contributed by atoms with van der Waals surface area (Å²) in [7, 11) is 0. The molecule has 0 aliphatic heterocycles. The molecule has 16 heavy (non-hydrogen) atoms. The largest absolute Gasteiger partial charge is 0.493 e. The van der Waals surface area contributed by atoms with E-state index >= 15 is 0 Å². The predicted molar refractivity (Wildman–Crippen MR) is 68.9 cm³/mol. The molecule has 0 N–H and O–H groups in total. The van der Waals surface area contributed by atoms with Crippen LogP contribution in [-0.2, 0) is 6.42 Å². The van der Waals surface area contributed by atoms with Gasteiger partial charge in [0.15, 0.2) is 0 Å². The topological polar surface area (TPSA) is 33.0 Å². The molecule has 0 bridgehead atoms. The van der Waals surface area contributed by atoms with Crippen LogP contribution >= 0.6 is 11.8 Å². The lowest BCUT2D eigenvalue weighted by atomic mass is 10.2. The first-order chi connectivity index (χ1) is 7.86. The average molecular weight is 235 g/mol. The number of ether oxygens (including phenoxy) is 1. The molecular weight excluding hydrogens is 218 g/mol. The summed E-state index contributed by atoms with van der Waals surface area (Å²) >= 11 is 1.92. The summed E-state index contributed by atoms with van der Waals surface area (Å²) in [5.41, 5.74) is 1.04. The molecule has 1 aromatic rings. The maximum Gasteiger partial charge on any atom is 0.119 e. The monoisotopic (exact) mass is 235 g/mol. The van der Waals surface area contributed by atoms with Gasteiger partial charge in [-0.05, 0) is 29.9 Å². The molecule has 0 spiro atoms. The second-order valence-electron chi connectivity index (χ2n) is 3.44. The minimum atomic E-state index is 0.465. The van der Waals surface area contributed by atoms with Crippen LogP contribution in [0.5, 0.6) is 5.75 Å². The lowest BCUT2D eigenvalue weighted by molar-refractivity contribution is 0.344. The van der Waals surface area contributed by atoms with Crippen LogP contribution in [0, 0.1) is 11.3 Å². The highest BCUT2D eigenvalue weighted by molar-refractivity contribution is 7.99. The van der Waals surface area contributed by atoms with Crippen molar-refractivity contribution in [2.24, 2.45) is 0 Å². The fourth-order valence-electron chi connectivity index (χ4n) is 1.26. The first-order valence-corrected chi connectivity index (χ1v) is 6.68. The smallest absolute Gasteiger partial charge is 0.119 e. The standard InChI is InChI=1S/C13H17NOS/c1-2-10-16-11-9-15-13-5-3-12(4-6-13)7-8-14/h3-6H,2,7,9-11H2,1H3. The van der Waals surface area contributed by atoms with Gasteiger partial charge in [-0.2, -0.15) is 17.0 Å². The molecular formula is C13H17NOS. The highest BCUT2D eigenvalue weighted by Crippen LogP contribution is 2.13. The Kier molecular flexibility index (Phi) is 6.52. The summed E-state index contributed by atoms with van der Waals surface area (Å²) in [5, 5.41) is 8.53. The summed E-state index contributed by atoms with van der Waals surface area (Å²) in [5.74, 6) is 3.12. The van der Waals surface area contributed by atoms with E-state index in [0.29, 0.717) is 6.42 Å². The highest BCUT2D eigenvalue weighted by atomic mass is 32.2. The maximum absolute atomic E-state index is 8.53. The van der Waals surface area contributed by atoms with E-state index in [0.717, 1.165) is 23.7 Å². The van der Waals surface area contributed by atoms with E-state index in [9.17, 15) is 0 Å². The molecule has 0 aromatic heterocycles. The van der Waals surface area contributed by atoms with Crippen LogP contribution in [0.3, 0.4) is 0 Å². The SMILES string of the molecule is CCCSCCOc1ccc(CC#N)cc1. The Morgan fingerprint density at radius 2 is 2.00 bits per heavy atom. The first kappa shape index (κ1) is 12.9. The summed E-state index contributed by atoms with van der Waals surface area (Å²) in [6, 6.07) is 9.87. The molecule has 0 fully saturated rings. The highest BCUT2D eigenvalue weighted by Gasteiger charge is 1.95. The minimum absolute atomic E-state index is 0.465. The van der Waals surface area contributed by atoms with Crippen LogP contribution in [0.15, 0.2) is 24.3 Å². The molecule has 0 saturated carbocycles. The molecule has 0 heterocycles. The molecule has 1 rings (SSSR count). The normalized spacial score (nSPS) is 9.75. The second kappa shape index (κ2) is 8.06. The molecule has 0 saturated heterocycles. The molecule has 1 aromatic carbocycles. The lowest BCUT2D eigenvalue weighted by Crippen LogP contribution is -2.00. The van der Waals surface area contributed by atoms with Crippen molar-refractivity contribution in [3.05, 3.63) is 29.8 Å². The van der Waals surface area contributed by atoms with Crippen molar-refractivity contribution in [1.29, 1.82) is 5.26 Å². The summed E-state index contributed by atoms with van der Waals surface area (Å²) in [6.07, 6.45) is 1.68. The number of thioether (sulfide) groups is 1. The van der Waals surface area contributed by atoms with Crippen molar-refractivity contribution in [3.63, 3.8) is 0 Å². The lowest BCUT2D eigenvalue weighted by Gasteiger charge is -2.05. The van der Waals surface area contributed by atoms with Gasteiger partial charge in [-0.3, -0.25) is 0 Å². The van der Waals surface area contributed by atoms with E-state index in [1.165, 1.54) is 12.2 Å². The van der Waals surface area contributed by atoms with Gasteiger partial charge in [0, 0.05) is 5.75 Å². The third-order valence-electron chi connectivity index (χ3n) is 2.05. The first-order valence-electron chi connectivity index (χ1n) is 5.53. The molecule has 2 nitrogen and oxygen atoms in total. The number of nitriles is 1. The number of rotatable bonds is 7. The van der Waals surface area contributed by atoms with Crippen LogP contribution in [0.2, 0.25) is 0 Å². The Morgan fingerprint density at radius 1 is 1.25 bits per heavy atom. The average Bonchev–Trinajstić information content (AvgIpc) is 2.31.